The molecule has 0 bridgehead atoms. The molecule has 1 heterocycles. The number of carbonyl (C=O) groups is 2. The molecule has 1 aromatic carbocycles. The molecule has 1 N–H and O–H groups in total. The lowest BCUT2D eigenvalue weighted by molar-refractivity contribution is -0.126. The summed E-state index contributed by atoms with van der Waals surface area (Å²) in [6.07, 6.45) is 1.88. The topological polar surface area (TPSA) is 49.4 Å². The summed E-state index contributed by atoms with van der Waals surface area (Å²) in [6.45, 7) is 3.98. The highest BCUT2D eigenvalue weighted by atomic mass is 16.2. The van der Waals surface area contributed by atoms with Crippen molar-refractivity contribution >= 4 is 11.7 Å². The van der Waals surface area contributed by atoms with Crippen molar-refractivity contribution in [2.75, 3.05) is 26.7 Å². The molecule has 1 atom stereocenters. The Hall–Kier alpha value is -1.68. The number of aryl methyl sites for hydroxylation is 1. The van der Waals surface area contributed by atoms with Crippen LogP contribution in [0.2, 0.25) is 0 Å². The quantitative estimate of drug-likeness (QED) is 0.849. The zero-order chi connectivity index (χ0) is 14.5. The summed E-state index contributed by atoms with van der Waals surface area (Å²) in [7, 11) is 1.67. The highest BCUT2D eigenvalue weighted by molar-refractivity contribution is 5.97. The largest absolute Gasteiger partial charge is 0.359 e. The van der Waals surface area contributed by atoms with Gasteiger partial charge in [0.05, 0.1) is 12.5 Å². The second kappa shape index (κ2) is 6.66. The monoisotopic (exact) mass is 274 g/mol. The van der Waals surface area contributed by atoms with Crippen LogP contribution in [0.5, 0.6) is 0 Å². The van der Waals surface area contributed by atoms with Crippen LogP contribution in [0, 0.1) is 12.8 Å². The molecule has 20 heavy (non-hydrogen) atoms. The summed E-state index contributed by atoms with van der Waals surface area (Å²) >= 11 is 0. The van der Waals surface area contributed by atoms with Crippen LogP contribution in [0.4, 0.5) is 0 Å². The first-order valence-corrected chi connectivity index (χ1v) is 7.14. The molecule has 1 aliphatic rings. The van der Waals surface area contributed by atoms with Gasteiger partial charge in [0, 0.05) is 19.2 Å². The van der Waals surface area contributed by atoms with Crippen LogP contribution in [-0.4, -0.2) is 43.3 Å². The van der Waals surface area contributed by atoms with Crippen molar-refractivity contribution in [3.63, 3.8) is 0 Å². The Morgan fingerprint density at radius 3 is 2.65 bits per heavy atom. The van der Waals surface area contributed by atoms with Gasteiger partial charge < -0.3 is 5.32 Å². The minimum absolute atomic E-state index is 0.0135. The van der Waals surface area contributed by atoms with Crippen LogP contribution in [0.15, 0.2) is 24.3 Å². The molecule has 1 aliphatic heterocycles. The lowest BCUT2D eigenvalue weighted by Crippen LogP contribution is -2.44. The van der Waals surface area contributed by atoms with Crippen LogP contribution in [0.3, 0.4) is 0 Å². The van der Waals surface area contributed by atoms with Crippen LogP contribution < -0.4 is 5.32 Å². The summed E-state index contributed by atoms with van der Waals surface area (Å²) in [5.41, 5.74) is 1.90. The molecule has 108 valence electrons. The van der Waals surface area contributed by atoms with Gasteiger partial charge in [0.2, 0.25) is 5.91 Å². The number of ketones is 1. The third kappa shape index (κ3) is 3.67. The number of rotatable bonds is 4. The molecule has 1 aromatic rings. The van der Waals surface area contributed by atoms with Crippen molar-refractivity contribution in [1.82, 2.24) is 10.2 Å². The normalized spacial score (nSPS) is 19.6. The second-order valence-corrected chi connectivity index (χ2v) is 5.48. The summed E-state index contributed by atoms with van der Waals surface area (Å²) < 4.78 is 0. The highest BCUT2D eigenvalue weighted by Gasteiger charge is 2.26. The first-order chi connectivity index (χ1) is 9.60. The standard InChI is InChI=1S/C16H22N2O2/c1-12-5-7-13(8-6-12)15(19)11-18-9-3-4-14(10-18)16(20)17-2/h5-8,14H,3-4,9-11H2,1-2H3,(H,17,20). The number of likely N-dealkylation sites (tertiary alicyclic amines) is 1. The van der Waals surface area contributed by atoms with Gasteiger partial charge in [-0.15, -0.1) is 0 Å². The van der Waals surface area contributed by atoms with Gasteiger partial charge in [0.1, 0.15) is 0 Å². The van der Waals surface area contributed by atoms with Crippen LogP contribution in [-0.2, 0) is 4.79 Å². The van der Waals surface area contributed by atoms with Crippen molar-refractivity contribution in [1.29, 1.82) is 0 Å². The van der Waals surface area contributed by atoms with Crippen molar-refractivity contribution < 1.29 is 9.59 Å². The fourth-order valence-corrected chi connectivity index (χ4v) is 2.65. The Bertz CT molecular complexity index is 482. The van der Waals surface area contributed by atoms with E-state index in [9.17, 15) is 9.59 Å². The Balaban J connectivity index is 1.94. The van der Waals surface area contributed by atoms with Gasteiger partial charge >= 0.3 is 0 Å². The average molecular weight is 274 g/mol. The van der Waals surface area contributed by atoms with Gasteiger partial charge in [-0.25, -0.2) is 0 Å². The molecular formula is C16H22N2O2. The third-order valence-electron chi connectivity index (χ3n) is 3.86. The summed E-state index contributed by atoms with van der Waals surface area (Å²) in [5.74, 6) is 0.222. The van der Waals surface area contributed by atoms with E-state index in [4.69, 9.17) is 0 Å². The number of amides is 1. The Morgan fingerprint density at radius 2 is 2.00 bits per heavy atom. The number of hydrogen-bond donors (Lipinski definition) is 1. The summed E-state index contributed by atoms with van der Waals surface area (Å²) in [5, 5.41) is 2.70. The van der Waals surface area contributed by atoms with Gasteiger partial charge in [-0.3, -0.25) is 14.5 Å². The number of Topliss-reactive ketones (excluding diaryl/α,β-unsaturated/α-hetero) is 1. The maximum Gasteiger partial charge on any atom is 0.224 e. The fourth-order valence-electron chi connectivity index (χ4n) is 2.65. The van der Waals surface area contributed by atoms with E-state index in [1.54, 1.807) is 7.05 Å². The fraction of sp³-hybridized carbons (Fsp3) is 0.500. The van der Waals surface area contributed by atoms with E-state index in [1.165, 1.54) is 0 Å². The zero-order valence-corrected chi connectivity index (χ0v) is 12.2. The lowest BCUT2D eigenvalue weighted by Gasteiger charge is -2.31. The number of piperidine rings is 1. The minimum atomic E-state index is 0.0135. The van der Waals surface area contributed by atoms with Crippen molar-refractivity contribution in [3.05, 3.63) is 35.4 Å². The maximum absolute atomic E-state index is 12.2. The SMILES string of the molecule is CNC(=O)C1CCCN(CC(=O)c2ccc(C)cc2)C1. The summed E-state index contributed by atoms with van der Waals surface area (Å²) in [6, 6.07) is 7.66. The van der Waals surface area contributed by atoms with Crippen LogP contribution in [0.1, 0.15) is 28.8 Å². The van der Waals surface area contributed by atoms with E-state index >= 15 is 0 Å². The van der Waals surface area contributed by atoms with Crippen LogP contribution in [0.25, 0.3) is 0 Å². The first-order valence-electron chi connectivity index (χ1n) is 7.14. The van der Waals surface area contributed by atoms with Crippen molar-refractivity contribution in [2.45, 2.75) is 19.8 Å². The third-order valence-corrected chi connectivity index (χ3v) is 3.86. The predicted molar refractivity (Wildman–Crippen MR) is 78.7 cm³/mol. The molecule has 0 aliphatic carbocycles. The number of benzene rings is 1. The van der Waals surface area contributed by atoms with Gasteiger partial charge in [0.15, 0.2) is 5.78 Å². The predicted octanol–water partition coefficient (Wildman–Crippen LogP) is 1.64. The van der Waals surface area contributed by atoms with E-state index in [-0.39, 0.29) is 17.6 Å². The zero-order valence-electron chi connectivity index (χ0n) is 12.2. The highest BCUT2D eigenvalue weighted by Crippen LogP contribution is 2.17. The molecule has 1 saturated heterocycles. The molecule has 4 nitrogen and oxygen atoms in total. The molecule has 1 amide bonds. The molecule has 1 unspecified atom stereocenters. The van der Waals surface area contributed by atoms with E-state index in [2.05, 4.69) is 10.2 Å². The van der Waals surface area contributed by atoms with Gasteiger partial charge in [-0.1, -0.05) is 29.8 Å². The molecular weight excluding hydrogens is 252 g/mol. The minimum Gasteiger partial charge on any atom is -0.359 e. The van der Waals surface area contributed by atoms with E-state index in [1.807, 2.05) is 31.2 Å². The molecule has 0 aromatic heterocycles. The molecule has 2 rings (SSSR count). The van der Waals surface area contributed by atoms with Gasteiger partial charge in [-0.2, -0.15) is 0 Å². The smallest absolute Gasteiger partial charge is 0.224 e. The molecule has 0 saturated carbocycles. The Kier molecular flexibility index (Phi) is 4.90. The van der Waals surface area contributed by atoms with E-state index in [0.717, 1.165) is 30.5 Å². The van der Waals surface area contributed by atoms with Gasteiger partial charge in [-0.05, 0) is 26.3 Å². The second-order valence-electron chi connectivity index (χ2n) is 5.48. The molecule has 1 fully saturated rings. The number of carbonyl (C=O) groups excluding carboxylic acids is 2. The first kappa shape index (κ1) is 14.7. The maximum atomic E-state index is 12.2. The molecule has 4 heteroatoms. The lowest BCUT2D eigenvalue weighted by atomic mass is 9.96. The van der Waals surface area contributed by atoms with Crippen LogP contribution >= 0.6 is 0 Å². The number of nitrogens with one attached hydrogen (secondary N) is 1. The van der Waals surface area contributed by atoms with Crippen molar-refractivity contribution in [2.24, 2.45) is 5.92 Å². The number of nitrogens with zero attached hydrogens (tertiary/aromatic N) is 1. The van der Waals surface area contributed by atoms with E-state index < -0.39 is 0 Å². The van der Waals surface area contributed by atoms with E-state index in [0.29, 0.717) is 13.1 Å². The average Bonchev–Trinajstić information content (AvgIpc) is 2.47. The molecule has 0 spiro atoms. The molecule has 0 radical (unpaired) electrons. The Labute approximate surface area is 120 Å². The summed E-state index contributed by atoms with van der Waals surface area (Å²) in [4.78, 5) is 26.0. The Morgan fingerprint density at radius 1 is 1.30 bits per heavy atom. The number of hydrogen-bond acceptors (Lipinski definition) is 3. The van der Waals surface area contributed by atoms with Gasteiger partial charge in [0.25, 0.3) is 0 Å². The van der Waals surface area contributed by atoms with Crippen molar-refractivity contribution in [3.8, 4) is 0 Å².